The molecular formula is C14H21NO5. The Labute approximate surface area is 117 Å². The van der Waals surface area contributed by atoms with E-state index in [0.717, 1.165) is 11.8 Å². The highest BCUT2D eigenvalue weighted by atomic mass is 16.5. The van der Waals surface area contributed by atoms with Crippen molar-refractivity contribution in [2.75, 3.05) is 13.2 Å². The van der Waals surface area contributed by atoms with Crippen LogP contribution in [0.1, 0.15) is 5.56 Å². The summed E-state index contributed by atoms with van der Waals surface area (Å²) in [6.45, 7) is -0.865. The lowest BCUT2D eigenvalue weighted by Gasteiger charge is -2.29. The molecule has 0 radical (unpaired) electrons. The first-order chi connectivity index (χ1) is 9.63. The van der Waals surface area contributed by atoms with E-state index in [1.807, 2.05) is 30.3 Å². The fourth-order valence-electron chi connectivity index (χ4n) is 1.81. The van der Waals surface area contributed by atoms with Crippen molar-refractivity contribution in [1.29, 1.82) is 5.41 Å². The Kier molecular flexibility index (Phi) is 7.35. The maximum atomic E-state index is 10.0. The molecule has 0 fully saturated rings. The third kappa shape index (κ3) is 4.66. The average molecular weight is 283 g/mol. The molecule has 6 heteroatoms. The lowest BCUT2D eigenvalue weighted by Crippen LogP contribution is -2.46. The predicted molar refractivity (Wildman–Crippen MR) is 73.5 cm³/mol. The van der Waals surface area contributed by atoms with Gasteiger partial charge in [0.2, 0.25) is 0 Å². The zero-order valence-corrected chi connectivity index (χ0v) is 11.1. The van der Waals surface area contributed by atoms with Crippen molar-refractivity contribution >= 4 is 6.21 Å². The normalized spacial score (nSPS) is 17.2. The molecule has 0 saturated carbocycles. The van der Waals surface area contributed by atoms with E-state index in [1.165, 1.54) is 0 Å². The molecule has 0 aromatic heterocycles. The summed E-state index contributed by atoms with van der Waals surface area (Å²) in [6, 6.07) is 9.18. The molecule has 0 heterocycles. The number of rotatable bonds is 9. The number of hydrogen-bond donors (Lipinski definition) is 5. The van der Waals surface area contributed by atoms with Crippen LogP contribution in [0.15, 0.2) is 30.3 Å². The largest absolute Gasteiger partial charge is 0.396 e. The summed E-state index contributed by atoms with van der Waals surface area (Å²) in [5.74, 6) is -0.850. The standard InChI is InChI=1S/C14H21NO5/c15-6-11(7-16)13(19)14(12(18)8-17)20-9-10-4-2-1-3-5-10/h1-6,11-19H,7-9H2/t11-,12-,13-,14-/m1/s1. The van der Waals surface area contributed by atoms with Crippen LogP contribution in [0.5, 0.6) is 0 Å². The minimum Gasteiger partial charge on any atom is -0.396 e. The number of nitrogens with one attached hydrogen (secondary N) is 1. The quantitative estimate of drug-likeness (QED) is 0.394. The first-order valence-electron chi connectivity index (χ1n) is 6.38. The first-order valence-corrected chi connectivity index (χ1v) is 6.38. The van der Waals surface area contributed by atoms with Crippen LogP contribution in [0, 0.1) is 11.3 Å². The molecule has 4 atom stereocenters. The zero-order chi connectivity index (χ0) is 15.0. The number of hydrogen-bond acceptors (Lipinski definition) is 6. The number of benzene rings is 1. The van der Waals surface area contributed by atoms with Gasteiger partial charge in [0.25, 0.3) is 0 Å². The summed E-state index contributed by atoms with van der Waals surface area (Å²) >= 11 is 0. The van der Waals surface area contributed by atoms with Gasteiger partial charge in [-0.3, -0.25) is 0 Å². The van der Waals surface area contributed by atoms with Gasteiger partial charge in [-0.15, -0.1) is 0 Å². The lowest BCUT2D eigenvalue weighted by atomic mass is 9.96. The van der Waals surface area contributed by atoms with E-state index in [2.05, 4.69) is 0 Å². The highest BCUT2D eigenvalue weighted by molar-refractivity contribution is 5.58. The van der Waals surface area contributed by atoms with Crippen LogP contribution in [-0.4, -0.2) is 58.2 Å². The van der Waals surface area contributed by atoms with Crippen LogP contribution in [0.3, 0.4) is 0 Å². The molecule has 1 aromatic carbocycles. The monoisotopic (exact) mass is 283 g/mol. The Balaban J connectivity index is 2.71. The molecule has 0 aliphatic rings. The van der Waals surface area contributed by atoms with Crippen molar-refractivity contribution in [2.45, 2.75) is 24.9 Å². The third-order valence-corrected chi connectivity index (χ3v) is 3.05. The molecule has 0 saturated heterocycles. The average Bonchev–Trinajstić information content (AvgIpc) is 2.49. The summed E-state index contributed by atoms with van der Waals surface area (Å²) in [5, 5.41) is 45.0. The van der Waals surface area contributed by atoms with Crippen molar-refractivity contribution in [3.05, 3.63) is 35.9 Å². The van der Waals surface area contributed by atoms with Crippen LogP contribution in [-0.2, 0) is 11.3 Å². The van der Waals surface area contributed by atoms with E-state index in [-0.39, 0.29) is 6.61 Å². The van der Waals surface area contributed by atoms with E-state index in [0.29, 0.717) is 0 Å². The highest BCUT2D eigenvalue weighted by Crippen LogP contribution is 2.15. The molecule has 0 unspecified atom stereocenters. The summed E-state index contributed by atoms with van der Waals surface area (Å²) in [4.78, 5) is 0. The van der Waals surface area contributed by atoms with Crippen molar-refractivity contribution in [2.24, 2.45) is 5.92 Å². The van der Waals surface area contributed by atoms with E-state index in [1.54, 1.807) is 0 Å². The van der Waals surface area contributed by atoms with Gasteiger partial charge in [-0.1, -0.05) is 30.3 Å². The Morgan fingerprint density at radius 2 is 1.75 bits per heavy atom. The van der Waals surface area contributed by atoms with Gasteiger partial charge in [-0.25, -0.2) is 0 Å². The molecule has 5 N–H and O–H groups in total. The van der Waals surface area contributed by atoms with E-state index < -0.39 is 37.4 Å². The second-order valence-corrected chi connectivity index (χ2v) is 4.51. The maximum Gasteiger partial charge on any atom is 0.113 e. The van der Waals surface area contributed by atoms with Gasteiger partial charge in [0, 0.05) is 12.1 Å². The van der Waals surface area contributed by atoms with E-state index in [4.69, 9.17) is 20.4 Å². The Morgan fingerprint density at radius 1 is 1.10 bits per heavy atom. The predicted octanol–water partition coefficient (Wildman–Crippen LogP) is -0.456. The number of ether oxygens (including phenoxy) is 1. The van der Waals surface area contributed by atoms with Crippen LogP contribution >= 0.6 is 0 Å². The molecular weight excluding hydrogens is 262 g/mol. The van der Waals surface area contributed by atoms with Crippen LogP contribution in [0.4, 0.5) is 0 Å². The van der Waals surface area contributed by atoms with E-state index in [9.17, 15) is 10.2 Å². The zero-order valence-electron chi connectivity index (χ0n) is 11.1. The van der Waals surface area contributed by atoms with Gasteiger partial charge in [0.05, 0.1) is 25.9 Å². The molecule has 0 spiro atoms. The third-order valence-electron chi connectivity index (χ3n) is 3.05. The SMILES string of the molecule is N=C[C@H](CO)[C@@H](O)[C@H](OCc1ccccc1)[C@H](O)CO. The Morgan fingerprint density at radius 3 is 2.25 bits per heavy atom. The molecule has 1 aromatic rings. The minimum absolute atomic E-state index is 0.149. The number of aliphatic hydroxyl groups excluding tert-OH is 4. The Hall–Kier alpha value is -1.31. The van der Waals surface area contributed by atoms with Crippen molar-refractivity contribution in [3.63, 3.8) is 0 Å². The molecule has 1 rings (SSSR count). The fourth-order valence-corrected chi connectivity index (χ4v) is 1.81. The van der Waals surface area contributed by atoms with Crippen molar-refractivity contribution < 1.29 is 25.2 Å². The molecule has 112 valence electrons. The van der Waals surface area contributed by atoms with Gasteiger partial charge in [-0.2, -0.15) is 0 Å². The summed E-state index contributed by atoms with van der Waals surface area (Å²) < 4.78 is 5.45. The number of aliphatic hydroxyl groups is 4. The lowest BCUT2D eigenvalue weighted by molar-refractivity contribution is -0.129. The fraction of sp³-hybridized carbons (Fsp3) is 0.500. The summed E-state index contributed by atoms with van der Waals surface area (Å²) in [6.07, 6.45) is -2.75. The van der Waals surface area contributed by atoms with E-state index >= 15 is 0 Å². The highest BCUT2D eigenvalue weighted by Gasteiger charge is 2.32. The molecule has 0 aliphatic carbocycles. The second kappa shape index (κ2) is 8.78. The molecule has 0 amide bonds. The molecule has 6 nitrogen and oxygen atoms in total. The van der Waals surface area contributed by atoms with Crippen LogP contribution < -0.4 is 0 Å². The molecule has 0 bridgehead atoms. The van der Waals surface area contributed by atoms with Crippen LogP contribution in [0.25, 0.3) is 0 Å². The summed E-state index contributed by atoms with van der Waals surface area (Å²) in [7, 11) is 0. The van der Waals surface area contributed by atoms with Crippen molar-refractivity contribution in [1.82, 2.24) is 0 Å². The van der Waals surface area contributed by atoms with Gasteiger partial charge in [0.1, 0.15) is 12.2 Å². The van der Waals surface area contributed by atoms with Crippen LogP contribution in [0.2, 0.25) is 0 Å². The maximum absolute atomic E-state index is 10.0. The van der Waals surface area contributed by atoms with Gasteiger partial charge in [-0.05, 0) is 5.56 Å². The van der Waals surface area contributed by atoms with Gasteiger partial charge >= 0.3 is 0 Å². The van der Waals surface area contributed by atoms with Crippen molar-refractivity contribution in [3.8, 4) is 0 Å². The topological polar surface area (TPSA) is 114 Å². The van der Waals surface area contributed by atoms with Gasteiger partial charge < -0.3 is 30.6 Å². The first kappa shape index (κ1) is 16.7. The Bertz CT molecular complexity index is 386. The van der Waals surface area contributed by atoms with Gasteiger partial charge in [0.15, 0.2) is 0 Å². The molecule has 20 heavy (non-hydrogen) atoms. The smallest absolute Gasteiger partial charge is 0.113 e. The second-order valence-electron chi connectivity index (χ2n) is 4.51. The minimum atomic E-state index is -1.29. The summed E-state index contributed by atoms with van der Waals surface area (Å²) in [5.41, 5.74) is 0.852. The molecule has 0 aliphatic heterocycles.